The molecule has 5 nitrogen and oxygen atoms in total. The average Bonchev–Trinajstić information content (AvgIpc) is 2.85. The largest absolute Gasteiger partial charge is 0.366 e. The van der Waals surface area contributed by atoms with Crippen molar-refractivity contribution in [2.45, 2.75) is 38.8 Å². The molecule has 1 aliphatic rings. The molecule has 0 atom stereocenters. The van der Waals surface area contributed by atoms with Gasteiger partial charge in [0.2, 0.25) is 0 Å². The second-order valence-electron chi connectivity index (χ2n) is 6.72. The molecule has 0 unspecified atom stereocenters. The van der Waals surface area contributed by atoms with E-state index in [9.17, 15) is 4.79 Å². The van der Waals surface area contributed by atoms with Crippen molar-refractivity contribution in [3.8, 4) is 0 Å². The van der Waals surface area contributed by atoms with E-state index in [0.29, 0.717) is 11.1 Å². The van der Waals surface area contributed by atoms with Crippen molar-refractivity contribution >= 4 is 38.4 Å². The minimum absolute atomic E-state index is 0.176. The van der Waals surface area contributed by atoms with E-state index in [1.807, 2.05) is 6.07 Å². The van der Waals surface area contributed by atoms with Gasteiger partial charge >= 0.3 is 0 Å². The predicted molar refractivity (Wildman–Crippen MR) is 91.8 cm³/mol. The van der Waals surface area contributed by atoms with E-state index < -0.39 is 5.91 Å². The Labute approximate surface area is 137 Å². The molecule has 1 amide bonds. The molecule has 0 radical (unpaired) electrons. The Morgan fingerprint density at radius 1 is 1.23 bits per heavy atom. The van der Waals surface area contributed by atoms with E-state index in [-0.39, 0.29) is 11.1 Å². The zero-order valence-electron chi connectivity index (χ0n) is 13.0. The lowest BCUT2D eigenvalue weighted by Crippen LogP contribution is -2.46. The average molecular weight is 363 g/mol. The van der Waals surface area contributed by atoms with Crippen molar-refractivity contribution in [3.63, 3.8) is 0 Å². The summed E-state index contributed by atoms with van der Waals surface area (Å²) in [6.07, 6.45) is 0. The first-order chi connectivity index (χ1) is 10.1. The molecule has 2 heterocycles. The number of benzene rings is 1. The highest BCUT2D eigenvalue weighted by atomic mass is 79.9. The van der Waals surface area contributed by atoms with Crippen LogP contribution in [-0.2, 0) is 0 Å². The lowest BCUT2D eigenvalue weighted by molar-refractivity contribution is 0.100. The first-order valence-electron chi connectivity index (χ1n) is 7.12. The Hall–Kier alpha value is -1.66. The standard InChI is InChI=1S/C16H19BrN4O/c1-15(2)10(12(17)16(3,4)21-15)14-19-9-7-5-6-8(13(18)22)11(9)20-14/h5-7,21H,1-4H3,(H2,18,22)(H,19,20). The van der Waals surface area contributed by atoms with E-state index in [0.717, 1.165) is 21.4 Å². The molecule has 6 heteroatoms. The van der Waals surface area contributed by atoms with Gasteiger partial charge in [-0.3, -0.25) is 10.1 Å². The maximum Gasteiger partial charge on any atom is 0.250 e. The number of nitrogens with two attached hydrogens (primary N) is 1. The Balaban J connectivity index is 2.25. The number of halogens is 1. The van der Waals surface area contributed by atoms with E-state index in [4.69, 9.17) is 5.73 Å². The molecule has 0 bridgehead atoms. The summed E-state index contributed by atoms with van der Waals surface area (Å²) < 4.78 is 1.06. The highest BCUT2D eigenvalue weighted by Gasteiger charge is 2.44. The summed E-state index contributed by atoms with van der Waals surface area (Å²) in [5.74, 6) is 0.277. The number of aromatic nitrogens is 2. The van der Waals surface area contributed by atoms with Crippen molar-refractivity contribution in [1.29, 1.82) is 0 Å². The van der Waals surface area contributed by atoms with Crippen LogP contribution in [0.25, 0.3) is 16.6 Å². The number of amides is 1. The number of H-pyrrole nitrogens is 1. The summed E-state index contributed by atoms with van der Waals surface area (Å²) in [5, 5.41) is 3.58. The number of hydrogen-bond acceptors (Lipinski definition) is 3. The second-order valence-corrected chi connectivity index (χ2v) is 7.51. The molecule has 1 aromatic carbocycles. The van der Waals surface area contributed by atoms with Gasteiger partial charge in [-0.25, -0.2) is 4.98 Å². The van der Waals surface area contributed by atoms with Crippen molar-refractivity contribution in [1.82, 2.24) is 15.3 Å². The number of primary amides is 1. The number of carbonyl (C=O) groups is 1. The Morgan fingerprint density at radius 2 is 1.91 bits per heavy atom. The van der Waals surface area contributed by atoms with Gasteiger partial charge in [-0.15, -0.1) is 0 Å². The summed E-state index contributed by atoms with van der Waals surface area (Å²) in [6, 6.07) is 5.39. The molecule has 22 heavy (non-hydrogen) atoms. The molecule has 3 rings (SSSR count). The van der Waals surface area contributed by atoms with E-state index in [1.54, 1.807) is 12.1 Å². The summed E-state index contributed by atoms with van der Waals surface area (Å²) >= 11 is 3.71. The Morgan fingerprint density at radius 3 is 2.45 bits per heavy atom. The van der Waals surface area contributed by atoms with Crippen molar-refractivity contribution in [2.75, 3.05) is 0 Å². The molecule has 0 saturated carbocycles. The Bertz CT molecular complexity index is 817. The minimum atomic E-state index is -0.471. The summed E-state index contributed by atoms with van der Waals surface area (Å²) in [6.45, 7) is 8.45. The highest BCUT2D eigenvalue weighted by Crippen LogP contribution is 2.44. The number of rotatable bonds is 2. The van der Waals surface area contributed by atoms with Gasteiger partial charge in [-0.1, -0.05) is 22.0 Å². The summed E-state index contributed by atoms with van der Waals surface area (Å²) in [5.41, 5.74) is 7.92. The fourth-order valence-corrected chi connectivity index (χ4v) is 4.02. The normalized spacial score (nSPS) is 19.9. The van der Waals surface area contributed by atoms with Gasteiger partial charge in [0.05, 0.1) is 11.1 Å². The fourth-order valence-electron chi connectivity index (χ4n) is 3.23. The number of nitrogens with zero attached hydrogens (tertiary/aromatic N) is 1. The van der Waals surface area contributed by atoms with Crippen LogP contribution in [0.5, 0.6) is 0 Å². The number of carbonyl (C=O) groups excluding carboxylic acids is 1. The maximum atomic E-state index is 11.6. The molecule has 0 fully saturated rings. The van der Waals surface area contributed by atoms with Gasteiger partial charge in [0, 0.05) is 21.1 Å². The lowest BCUT2D eigenvalue weighted by Gasteiger charge is -2.27. The van der Waals surface area contributed by atoms with Crippen molar-refractivity contribution in [2.24, 2.45) is 5.73 Å². The zero-order valence-corrected chi connectivity index (χ0v) is 14.6. The quantitative estimate of drug-likeness (QED) is 0.767. The van der Waals surface area contributed by atoms with Gasteiger partial charge < -0.3 is 10.7 Å². The van der Waals surface area contributed by atoms with Crippen LogP contribution in [-0.4, -0.2) is 27.0 Å². The molecule has 116 valence electrons. The van der Waals surface area contributed by atoms with Crippen LogP contribution >= 0.6 is 15.9 Å². The second kappa shape index (κ2) is 4.67. The number of para-hydroxylation sites is 1. The van der Waals surface area contributed by atoms with Crippen LogP contribution in [0.2, 0.25) is 0 Å². The minimum Gasteiger partial charge on any atom is -0.366 e. The molecule has 2 aromatic rings. The molecule has 4 N–H and O–H groups in total. The van der Waals surface area contributed by atoms with E-state index in [1.165, 1.54) is 0 Å². The highest BCUT2D eigenvalue weighted by molar-refractivity contribution is 9.12. The Kier molecular flexibility index (Phi) is 3.23. The summed E-state index contributed by atoms with van der Waals surface area (Å²) in [7, 11) is 0. The fraction of sp³-hybridized carbons (Fsp3) is 0.375. The maximum absolute atomic E-state index is 11.6. The van der Waals surface area contributed by atoms with E-state index in [2.05, 4.69) is 58.9 Å². The number of aromatic amines is 1. The van der Waals surface area contributed by atoms with Crippen molar-refractivity contribution < 1.29 is 4.79 Å². The molecule has 0 spiro atoms. The molecule has 1 aliphatic heterocycles. The van der Waals surface area contributed by atoms with Crippen LogP contribution in [0.15, 0.2) is 22.7 Å². The number of fused-ring (bicyclic) bond motifs is 1. The van der Waals surface area contributed by atoms with Gasteiger partial charge in [-0.05, 0) is 39.8 Å². The molecular formula is C16H19BrN4O. The van der Waals surface area contributed by atoms with Crippen LogP contribution in [0.4, 0.5) is 0 Å². The summed E-state index contributed by atoms with van der Waals surface area (Å²) in [4.78, 5) is 19.5. The van der Waals surface area contributed by atoms with Gasteiger partial charge in [0.15, 0.2) is 0 Å². The third-order valence-corrected chi connectivity index (χ3v) is 5.42. The number of imidazole rings is 1. The van der Waals surface area contributed by atoms with Crippen molar-refractivity contribution in [3.05, 3.63) is 34.1 Å². The number of hydrogen-bond donors (Lipinski definition) is 3. The van der Waals surface area contributed by atoms with E-state index >= 15 is 0 Å². The molecule has 1 aromatic heterocycles. The van der Waals surface area contributed by atoms with Gasteiger partial charge in [0.25, 0.3) is 5.91 Å². The van der Waals surface area contributed by atoms with Crippen LogP contribution < -0.4 is 11.1 Å². The number of nitrogens with one attached hydrogen (secondary N) is 2. The first-order valence-corrected chi connectivity index (χ1v) is 7.92. The third kappa shape index (κ3) is 2.18. The topological polar surface area (TPSA) is 83.8 Å². The van der Waals surface area contributed by atoms with Crippen LogP contribution in [0.1, 0.15) is 43.9 Å². The molecule has 0 aliphatic carbocycles. The predicted octanol–water partition coefficient (Wildman–Crippen LogP) is 2.93. The SMILES string of the molecule is CC1(C)NC(C)(C)C(c2nc3c(C(N)=O)cccc3[nH]2)=C1Br. The zero-order chi connectivity index (χ0) is 16.3. The smallest absolute Gasteiger partial charge is 0.250 e. The van der Waals surface area contributed by atoms with Crippen LogP contribution in [0, 0.1) is 0 Å². The molecule has 0 saturated heterocycles. The molecular weight excluding hydrogens is 344 g/mol. The third-order valence-electron chi connectivity index (χ3n) is 4.03. The van der Waals surface area contributed by atoms with Crippen LogP contribution in [0.3, 0.4) is 0 Å². The monoisotopic (exact) mass is 362 g/mol. The van der Waals surface area contributed by atoms with Gasteiger partial charge in [0.1, 0.15) is 11.3 Å². The first kappa shape index (κ1) is 15.2. The lowest BCUT2D eigenvalue weighted by atomic mass is 9.96. The van der Waals surface area contributed by atoms with Gasteiger partial charge in [-0.2, -0.15) is 0 Å².